The molecule has 0 fully saturated rings. The van der Waals surface area contributed by atoms with E-state index in [1.54, 1.807) is 6.92 Å². The Kier molecular flexibility index (Phi) is 8.48. The second-order valence-corrected chi connectivity index (χ2v) is 5.84. The van der Waals surface area contributed by atoms with E-state index in [-0.39, 0.29) is 42.2 Å². The van der Waals surface area contributed by atoms with Crippen molar-refractivity contribution >= 4 is 28.9 Å². The molecule has 2 atom stereocenters. The molecule has 0 aliphatic carbocycles. The number of rotatable bonds is 10. The first-order valence-corrected chi connectivity index (χ1v) is 8.12. The van der Waals surface area contributed by atoms with Crippen LogP contribution in [0.3, 0.4) is 0 Å². The van der Waals surface area contributed by atoms with Crippen LogP contribution in [-0.2, 0) is 14.4 Å². The highest BCUT2D eigenvalue weighted by atomic mass is 32.1. The smallest absolute Gasteiger partial charge is 0.294 e. The molecular weight excluding hydrogens is 346 g/mol. The topological polar surface area (TPSA) is 111 Å². The van der Waals surface area contributed by atoms with Crippen LogP contribution in [0.15, 0.2) is 30.3 Å². The zero-order valence-electron chi connectivity index (χ0n) is 14.1. The third-order valence-corrected chi connectivity index (χ3v) is 3.91. The Balaban J connectivity index is 2.65. The van der Waals surface area contributed by atoms with E-state index in [0.717, 1.165) is 5.56 Å². The van der Waals surface area contributed by atoms with E-state index in [1.165, 1.54) is 6.92 Å². The largest absolute Gasteiger partial charge is 0.376 e. The number of amides is 1. The van der Waals surface area contributed by atoms with Gasteiger partial charge in [-0.1, -0.05) is 49.5 Å². The van der Waals surface area contributed by atoms with Crippen LogP contribution < -0.4 is 10.6 Å². The van der Waals surface area contributed by atoms with E-state index in [1.807, 2.05) is 30.3 Å². The molecule has 0 saturated carbocycles. The van der Waals surface area contributed by atoms with Gasteiger partial charge in [-0.2, -0.15) is 0 Å². The average molecular weight is 367 g/mol. The van der Waals surface area contributed by atoms with Crippen molar-refractivity contribution < 1.29 is 19.5 Å². The van der Waals surface area contributed by atoms with Gasteiger partial charge in [0.15, 0.2) is 0 Å². The molecule has 1 aromatic carbocycles. The average Bonchev–Trinajstić information content (AvgIpc) is 2.57. The van der Waals surface area contributed by atoms with Crippen molar-refractivity contribution in [2.45, 2.75) is 32.2 Å². The number of benzene rings is 1. The minimum atomic E-state index is -0.902. The molecule has 136 valence electrons. The van der Waals surface area contributed by atoms with Gasteiger partial charge in [-0.05, 0) is 5.56 Å². The van der Waals surface area contributed by atoms with Crippen molar-refractivity contribution in [2.75, 3.05) is 13.2 Å². The zero-order chi connectivity index (χ0) is 18.8. The highest BCUT2D eigenvalue weighted by molar-refractivity contribution is 7.80. The second-order valence-electron chi connectivity index (χ2n) is 5.40. The molecule has 0 saturated heterocycles. The Hall–Kier alpha value is -2.55. The molecule has 0 bridgehead atoms. The summed E-state index contributed by atoms with van der Waals surface area (Å²) in [6.07, 6.45) is 0.0254. The highest BCUT2D eigenvalue weighted by Gasteiger charge is 2.23. The first-order chi connectivity index (χ1) is 11.8. The number of carbonyl (C=O) groups excluding carboxylic acids is 2. The summed E-state index contributed by atoms with van der Waals surface area (Å²) < 4.78 is 0. The number of Topliss-reactive ketones (excluding diaryl/α,β-unsaturated/α-hetero) is 1. The summed E-state index contributed by atoms with van der Waals surface area (Å²) in [6, 6.07) is 8.62. The molecule has 25 heavy (non-hydrogen) atoms. The monoisotopic (exact) mass is 367 g/mol. The minimum Gasteiger partial charge on any atom is -0.376 e. The molecule has 1 rings (SSSR count). The Labute approximate surface area is 151 Å². The predicted octanol–water partition coefficient (Wildman–Crippen LogP) is 1.38. The van der Waals surface area contributed by atoms with E-state index in [0.29, 0.717) is 0 Å². The summed E-state index contributed by atoms with van der Waals surface area (Å²) in [5.41, 5.74) is 0.882. The molecule has 0 radical (unpaired) electrons. The van der Waals surface area contributed by atoms with Gasteiger partial charge in [0.25, 0.3) is 5.09 Å². The Morgan fingerprint density at radius 1 is 1.32 bits per heavy atom. The standard InChI is InChI=1S/C16H21N3O5S/c1-11(13-6-4-3-5-7-13)15(21)10-14(18-12(2)20)16(25)17-8-9-24-19(22)23/h3-7,11,14H,8-10H2,1-2H3,(H,17,25)(H,18,20)/t11?,14-/m1/s1. The first-order valence-electron chi connectivity index (χ1n) is 7.71. The fraction of sp³-hybridized carbons (Fsp3) is 0.438. The molecule has 1 unspecified atom stereocenters. The fourth-order valence-electron chi connectivity index (χ4n) is 2.18. The van der Waals surface area contributed by atoms with Crippen molar-refractivity contribution in [2.24, 2.45) is 0 Å². The molecule has 1 aromatic rings. The third-order valence-electron chi connectivity index (χ3n) is 3.48. The number of carbonyl (C=O) groups is 2. The van der Waals surface area contributed by atoms with Gasteiger partial charge in [0, 0.05) is 25.8 Å². The lowest BCUT2D eigenvalue weighted by atomic mass is 9.93. The molecule has 9 heteroatoms. The van der Waals surface area contributed by atoms with Gasteiger partial charge in [0.2, 0.25) is 5.91 Å². The lowest BCUT2D eigenvalue weighted by Gasteiger charge is -2.21. The number of ketones is 1. The van der Waals surface area contributed by atoms with Gasteiger partial charge < -0.3 is 15.5 Å². The minimum absolute atomic E-state index is 0.0254. The molecular formula is C16H21N3O5S. The van der Waals surface area contributed by atoms with Crippen LogP contribution in [0.4, 0.5) is 0 Å². The van der Waals surface area contributed by atoms with E-state index in [9.17, 15) is 19.7 Å². The van der Waals surface area contributed by atoms with Gasteiger partial charge in [-0.3, -0.25) is 9.59 Å². The van der Waals surface area contributed by atoms with E-state index in [2.05, 4.69) is 15.5 Å². The Morgan fingerprint density at radius 3 is 2.52 bits per heavy atom. The van der Waals surface area contributed by atoms with Gasteiger partial charge in [0.1, 0.15) is 12.4 Å². The second kappa shape index (κ2) is 10.3. The maximum Gasteiger partial charge on any atom is 0.294 e. The van der Waals surface area contributed by atoms with E-state index >= 15 is 0 Å². The molecule has 0 aliphatic heterocycles. The highest BCUT2D eigenvalue weighted by Crippen LogP contribution is 2.18. The summed E-state index contributed by atoms with van der Waals surface area (Å²) in [6.45, 7) is 3.03. The molecule has 0 heterocycles. The molecule has 0 aromatic heterocycles. The summed E-state index contributed by atoms with van der Waals surface area (Å²) in [4.78, 5) is 38.4. The number of nitrogens with zero attached hydrogens (tertiary/aromatic N) is 1. The van der Waals surface area contributed by atoms with Gasteiger partial charge in [-0.25, -0.2) is 0 Å². The summed E-state index contributed by atoms with van der Waals surface area (Å²) >= 11 is 5.19. The van der Waals surface area contributed by atoms with Crippen LogP contribution >= 0.6 is 12.2 Å². The first kappa shape index (κ1) is 20.5. The number of hydrogen-bond donors (Lipinski definition) is 2. The van der Waals surface area contributed by atoms with Crippen molar-refractivity contribution in [3.05, 3.63) is 46.0 Å². The van der Waals surface area contributed by atoms with Crippen molar-refractivity contribution in [3.8, 4) is 0 Å². The fourth-order valence-corrected chi connectivity index (χ4v) is 2.42. The van der Waals surface area contributed by atoms with Gasteiger partial charge >= 0.3 is 0 Å². The lowest BCUT2D eigenvalue weighted by molar-refractivity contribution is -0.757. The summed E-state index contributed by atoms with van der Waals surface area (Å²) in [5, 5.41) is 14.6. The molecule has 8 nitrogen and oxygen atoms in total. The Bertz CT molecular complexity index is 623. The number of hydrogen-bond acceptors (Lipinski definition) is 6. The Morgan fingerprint density at radius 2 is 1.96 bits per heavy atom. The van der Waals surface area contributed by atoms with Gasteiger partial charge in [0.05, 0.1) is 11.0 Å². The van der Waals surface area contributed by atoms with E-state index < -0.39 is 11.1 Å². The van der Waals surface area contributed by atoms with Crippen LogP contribution in [0.25, 0.3) is 0 Å². The lowest BCUT2D eigenvalue weighted by Crippen LogP contribution is -2.47. The predicted molar refractivity (Wildman–Crippen MR) is 95.6 cm³/mol. The third kappa shape index (κ3) is 7.71. The molecule has 1 amide bonds. The summed E-state index contributed by atoms with van der Waals surface area (Å²) in [5.74, 6) is -0.732. The van der Waals surface area contributed by atoms with Crippen LogP contribution in [0.1, 0.15) is 31.7 Å². The molecule has 0 aliphatic rings. The SMILES string of the molecule is CC(=O)N[C@H](CC(=O)C(C)c1ccccc1)C(=S)NCCO[N+](=O)[O-]. The van der Waals surface area contributed by atoms with Crippen molar-refractivity contribution in [1.29, 1.82) is 0 Å². The number of nitrogens with one attached hydrogen (secondary N) is 2. The normalized spacial score (nSPS) is 12.6. The number of thiocarbonyl (C=S) groups is 1. The summed E-state index contributed by atoms with van der Waals surface area (Å²) in [7, 11) is 0. The van der Waals surface area contributed by atoms with Crippen molar-refractivity contribution in [1.82, 2.24) is 10.6 Å². The van der Waals surface area contributed by atoms with Crippen LogP contribution in [0.5, 0.6) is 0 Å². The van der Waals surface area contributed by atoms with E-state index in [4.69, 9.17) is 12.2 Å². The maximum atomic E-state index is 12.5. The zero-order valence-corrected chi connectivity index (χ0v) is 14.9. The van der Waals surface area contributed by atoms with Crippen LogP contribution in [0, 0.1) is 10.1 Å². The molecule has 2 N–H and O–H groups in total. The maximum absolute atomic E-state index is 12.5. The van der Waals surface area contributed by atoms with Gasteiger partial charge in [-0.15, -0.1) is 10.1 Å². The molecule has 0 spiro atoms. The van der Waals surface area contributed by atoms with Crippen molar-refractivity contribution in [3.63, 3.8) is 0 Å². The van der Waals surface area contributed by atoms with Crippen LogP contribution in [-0.4, -0.2) is 41.0 Å². The van der Waals surface area contributed by atoms with Crippen LogP contribution in [0.2, 0.25) is 0 Å². The quantitative estimate of drug-likeness (QED) is 0.278.